The normalized spacial score (nSPS) is 11.4. The summed E-state index contributed by atoms with van der Waals surface area (Å²) in [5.74, 6) is -1.38. The van der Waals surface area contributed by atoms with Crippen molar-refractivity contribution in [3.05, 3.63) is 59.7 Å². The zero-order chi connectivity index (χ0) is 20.0. The number of aliphatic carboxylic acids is 1. The summed E-state index contributed by atoms with van der Waals surface area (Å²) in [4.78, 5) is 23.2. The maximum atomic E-state index is 12.6. The summed E-state index contributed by atoms with van der Waals surface area (Å²) in [5.41, 5.74) is 1.33. The number of anilines is 1. The van der Waals surface area contributed by atoms with Gasteiger partial charge in [-0.1, -0.05) is 32.0 Å². The molecule has 2 aromatic rings. The van der Waals surface area contributed by atoms with Gasteiger partial charge in [-0.2, -0.15) is 4.31 Å². The quantitative estimate of drug-likeness (QED) is 0.721. The van der Waals surface area contributed by atoms with E-state index in [9.17, 15) is 18.0 Å². The lowest BCUT2D eigenvalue weighted by molar-refractivity contribution is -0.136. The Labute approximate surface area is 158 Å². The van der Waals surface area contributed by atoms with Gasteiger partial charge in [0, 0.05) is 24.3 Å². The van der Waals surface area contributed by atoms with Gasteiger partial charge >= 0.3 is 5.97 Å². The Kier molecular flexibility index (Phi) is 6.70. The Bertz CT molecular complexity index is 919. The molecule has 2 N–H and O–H groups in total. The summed E-state index contributed by atoms with van der Waals surface area (Å²) >= 11 is 0. The predicted molar refractivity (Wildman–Crippen MR) is 102 cm³/mol. The molecule has 0 heterocycles. The first kappa shape index (κ1) is 20.6. The molecule has 2 rings (SSSR count). The van der Waals surface area contributed by atoms with E-state index >= 15 is 0 Å². The Morgan fingerprint density at radius 3 is 2.22 bits per heavy atom. The van der Waals surface area contributed by atoms with E-state index in [0.29, 0.717) is 24.3 Å². The molecule has 0 aliphatic rings. The van der Waals surface area contributed by atoms with Crippen LogP contribution in [-0.2, 0) is 21.2 Å². The van der Waals surface area contributed by atoms with E-state index in [2.05, 4.69) is 5.32 Å². The number of carboxylic acids is 1. The molecule has 0 bridgehead atoms. The van der Waals surface area contributed by atoms with Gasteiger partial charge in [-0.3, -0.25) is 9.59 Å². The van der Waals surface area contributed by atoms with E-state index in [1.54, 1.807) is 38.1 Å². The standard InChI is InChI=1S/C19H22N2O5S/c1-3-21(4-2)27(25,26)17-7-5-6-15(13-17)19(24)20-16-10-8-14(9-11-16)12-18(22)23/h5-11,13H,3-4,12H2,1-2H3,(H,20,24)(H,22,23). The minimum atomic E-state index is -3.65. The number of carbonyl (C=O) groups excluding carboxylic acids is 1. The van der Waals surface area contributed by atoms with Crippen molar-refractivity contribution >= 4 is 27.6 Å². The van der Waals surface area contributed by atoms with Gasteiger partial charge in [0.25, 0.3) is 5.91 Å². The van der Waals surface area contributed by atoms with Crippen LogP contribution in [0.15, 0.2) is 53.4 Å². The highest BCUT2D eigenvalue weighted by Crippen LogP contribution is 2.18. The van der Waals surface area contributed by atoms with E-state index in [4.69, 9.17) is 5.11 Å². The van der Waals surface area contributed by atoms with Crippen molar-refractivity contribution in [3.8, 4) is 0 Å². The molecule has 0 spiro atoms. The van der Waals surface area contributed by atoms with E-state index in [0.717, 1.165) is 0 Å². The van der Waals surface area contributed by atoms with Crippen molar-refractivity contribution < 1.29 is 23.1 Å². The Balaban J connectivity index is 2.19. The van der Waals surface area contributed by atoms with Crippen LogP contribution in [0.5, 0.6) is 0 Å². The molecule has 8 heteroatoms. The van der Waals surface area contributed by atoms with Crippen LogP contribution in [0.4, 0.5) is 5.69 Å². The van der Waals surface area contributed by atoms with E-state index in [-0.39, 0.29) is 16.9 Å². The number of nitrogens with one attached hydrogen (secondary N) is 1. The van der Waals surface area contributed by atoms with Gasteiger partial charge in [-0.15, -0.1) is 0 Å². The third-order valence-electron chi connectivity index (χ3n) is 4.01. The molecule has 0 aliphatic heterocycles. The average molecular weight is 390 g/mol. The minimum absolute atomic E-state index is 0.0654. The summed E-state index contributed by atoms with van der Waals surface area (Å²) < 4.78 is 26.5. The number of amides is 1. The summed E-state index contributed by atoms with van der Waals surface area (Å²) in [6.07, 6.45) is -0.0977. The third kappa shape index (κ3) is 5.15. The lowest BCUT2D eigenvalue weighted by Gasteiger charge is -2.18. The number of carboxylic acid groups (broad SMARTS) is 1. The molecule has 1 amide bonds. The first-order valence-electron chi connectivity index (χ1n) is 8.50. The molecule has 0 radical (unpaired) electrons. The van der Waals surface area contributed by atoms with Gasteiger partial charge < -0.3 is 10.4 Å². The maximum absolute atomic E-state index is 12.6. The lowest BCUT2D eigenvalue weighted by Crippen LogP contribution is -2.30. The number of benzene rings is 2. The maximum Gasteiger partial charge on any atom is 0.307 e. The molecule has 0 atom stereocenters. The fourth-order valence-corrected chi connectivity index (χ4v) is 4.10. The van der Waals surface area contributed by atoms with Gasteiger partial charge in [0.2, 0.25) is 10.0 Å². The number of sulfonamides is 1. The average Bonchev–Trinajstić information content (AvgIpc) is 2.64. The van der Waals surface area contributed by atoms with Gasteiger partial charge in [-0.25, -0.2) is 8.42 Å². The minimum Gasteiger partial charge on any atom is -0.481 e. The fraction of sp³-hybridized carbons (Fsp3) is 0.263. The van der Waals surface area contributed by atoms with Crippen LogP contribution in [0.1, 0.15) is 29.8 Å². The molecule has 144 valence electrons. The largest absolute Gasteiger partial charge is 0.481 e. The lowest BCUT2D eigenvalue weighted by atomic mass is 10.1. The van der Waals surface area contributed by atoms with Crippen molar-refractivity contribution in [3.63, 3.8) is 0 Å². The highest BCUT2D eigenvalue weighted by Gasteiger charge is 2.22. The van der Waals surface area contributed by atoms with E-state index in [1.807, 2.05) is 0 Å². The van der Waals surface area contributed by atoms with Gasteiger partial charge in [0.15, 0.2) is 0 Å². The highest BCUT2D eigenvalue weighted by atomic mass is 32.2. The zero-order valence-electron chi connectivity index (χ0n) is 15.2. The first-order valence-corrected chi connectivity index (χ1v) is 9.94. The Hall–Kier alpha value is -2.71. The Morgan fingerprint density at radius 1 is 1.04 bits per heavy atom. The van der Waals surface area contributed by atoms with Crippen LogP contribution in [-0.4, -0.2) is 42.8 Å². The molecular formula is C19H22N2O5S. The monoisotopic (exact) mass is 390 g/mol. The van der Waals surface area contributed by atoms with Gasteiger partial charge in [0.05, 0.1) is 11.3 Å². The molecule has 0 saturated carbocycles. The van der Waals surface area contributed by atoms with Crippen LogP contribution in [0.25, 0.3) is 0 Å². The van der Waals surface area contributed by atoms with Crippen molar-refractivity contribution in [2.45, 2.75) is 25.2 Å². The number of hydrogen-bond acceptors (Lipinski definition) is 4. The molecular weight excluding hydrogens is 368 g/mol. The van der Waals surface area contributed by atoms with Crippen LogP contribution >= 0.6 is 0 Å². The smallest absolute Gasteiger partial charge is 0.307 e. The summed E-state index contributed by atoms with van der Waals surface area (Å²) in [5, 5.41) is 11.5. The number of carbonyl (C=O) groups is 2. The second kappa shape index (κ2) is 8.79. The van der Waals surface area contributed by atoms with Crippen molar-refractivity contribution in [2.24, 2.45) is 0 Å². The van der Waals surface area contributed by atoms with Crippen LogP contribution < -0.4 is 5.32 Å². The molecule has 0 aromatic heterocycles. The second-order valence-electron chi connectivity index (χ2n) is 5.84. The predicted octanol–water partition coefficient (Wildman–Crippen LogP) is 2.60. The van der Waals surface area contributed by atoms with Crippen LogP contribution in [0.3, 0.4) is 0 Å². The van der Waals surface area contributed by atoms with E-state index in [1.165, 1.54) is 28.6 Å². The van der Waals surface area contributed by atoms with E-state index < -0.39 is 21.9 Å². The summed E-state index contributed by atoms with van der Waals surface area (Å²) in [6, 6.07) is 12.3. The molecule has 0 saturated heterocycles. The molecule has 0 fully saturated rings. The number of rotatable bonds is 8. The molecule has 0 unspecified atom stereocenters. The van der Waals surface area contributed by atoms with Crippen molar-refractivity contribution in [1.82, 2.24) is 4.31 Å². The zero-order valence-corrected chi connectivity index (χ0v) is 16.0. The first-order chi connectivity index (χ1) is 12.8. The topological polar surface area (TPSA) is 104 Å². The van der Waals surface area contributed by atoms with Gasteiger partial charge in [-0.05, 0) is 35.9 Å². The Morgan fingerprint density at radius 2 is 1.67 bits per heavy atom. The molecule has 2 aromatic carbocycles. The summed E-state index contributed by atoms with van der Waals surface area (Å²) in [7, 11) is -3.65. The highest BCUT2D eigenvalue weighted by molar-refractivity contribution is 7.89. The molecule has 0 aliphatic carbocycles. The number of nitrogens with zero attached hydrogens (tertiary/aromatic N) is 1. The fourth-order valence-electron chi connectivity index (χ4n) is 2.59. The van der Waals surface area contributed by atoms with Crippen LogP contribution in [0.2, 0.25) is 0 Å². The van der Waals surface area contributed by atoms with Gasteiger partial charge in [0.1, 0.15) is 0 Å². The van der Waals surface area contributed by atoms with Crippen molar-refractivity contribution in [1.29, 1.82) is 0 Å². The third-order valence-corrected chi connectivity index (χ3v) is 6.05. The molecule has 7 nitrogen and oxygen atoms in total. The molecule has 27 heavy (non-hydrogen) atoms. The second-order valence-corrected chi connectivity index (χ2v) is 7.78. The van der Waals surface area contributed by atoms with Crippen LogP contribution in [0, 0.1) is 0 Å². The number of hydrogen-bond donors (Lipinski definition) is 2. The SMILES string of the molecule is CCN(CC)S(=O)(=O)c1cccc(C(=O)Nc2ccc(CC(=O)O)cc2)c1. The van der Waals surface area contributed by atoms with Crippen molar-refractivity contribution in [2.75, 3.05) is 18.4 Å². The summed E-state index contributed by atoms with van der Waals surface area (Å²) in [6.45, 7) is 4.20.